The monoisotopic (exact) mass is 310 g/mol. The molecule has 1 fully saturated rings. The average molecular weight is 310 g/mol. The van der Waals surface area contributed by atoms with Crippen LogP contribution in [-0.2, 0) is 16.4 Å². The predicted molar refractivity (Wildman–Crippen MR) is 85.9 cm³/mol. The van der Waals surface area contributed by atoms with Crippen molar-refractivity contribution in [1.29, 1.82) is 0 Å². The first-order valence-electron chi connectivity index (χ1n) is 7.79. The molecule has 21 heavy (non-hydrogen) atoms. The summed E-state index contributed by atoms with van der Waals surface area (Å²) in [7, 11) is -3.41. The van der Waals surface area contributed by atoms with Crippen LogP contribution in [0.1, 0.15) is 45.1 Å². The molecule has 2 N–H and O–H groups in total. The van der Waals surface area contributed by atoms with Crippen molar-refractivity contribution in [2.45, 2.75) is 56.4 Å². The van der Waals surface area contributed by atoms with Crippen molar-refractivity contribution in [3.8, 4) is 0 Å². The summed E-state index contributed by atoms with van der Waals surface area (Å²) in [6.07, 6.45) is 4.96. The van der Waals surface area contributed by atoms with Gasteiger partial charge in [0.25, 0.3) is 0 Å². The van der Waals surface area contributed by atoms with Crippen molar-refractivity contribution in [2.75, 3.05) is 13.1 Å². The van der Waals surface area contributed by atoms with Crippen LogP contribution in [0.2, 0.25) is 0 Å². The molecule has 0 amide bonds. The molecular weight excluding hydrogens is 284 g/mol. The van der Waals surface area contributed by atoms with E-state index < -0.39 is 10.0 Å². The average Bonchev–Trinajstić information content (AvgIpc) is 2.85. The maximum atomic E-state index is 12.4. The highest BCUT2D eigenvalue weighted by molar-refractivity contribution is 7.89. The van der Waals surface area contributed by atoms with Crippen molar-refractivity contribution < 1.29 is 8.42 Å². The van der Waals surface area contributed by atoms with Gasteiger partial charge in [-0.15, -0.1) is 0 Å². The van der Waals surface area contributed by atoms with Gasteiger partial charge in [0.2, 0.25) is 10.0 Å². The van der Waals surface area contributed by atoms with E-state index >= 15 is 0 Å². The Hall–Kier alpha value is -0.910. The van der Waals surface area contributed by atoms with Crippen LogP contribution in [0.15, 0.2) is 29.2 Å². The van der Waals surface area contributed by atoms with Crippen LogP contribution in [0.25, 0.3) is 0 Å². The van der Waals surface area contributed by atoms with E-state index in [0.29, 0.717) is 4.90 Å². The number of nitrogens with one attached hydrogen (secondary N) is 2. The Labute approximate surface area is 128 Å². The highest BCUT2D eigenvalue weighted by Crippen LogP contribution is 2.30. The second-order valence-electron chi connectivity index (χ2n) is 6.12. The molecule has 0 aromatic heterocycles. The number of hydrogen-bond donors (Lipinski definition) is 2. The fraction of sp³-hybridized carbons (Fsp3) is 0.625. The van der Waals surface area contributed by atoms with Crippen molar-refractivity contribution in [2.24, 2.45) is 0 Å². The normalized spacial score (nSPS) is 18.0. The van der Waals surface area contributed by atoms with Gasteiger partial charge in [-0.25, -0.2) is 13.1 Å². The molecule has 1 aromatic rings. The molecule has 118 valence electrons. The minimum absolute atomic E-state index is 0.275. The minimum atomic E-state index is -3.41. The first-order chi connectivity index (χ1) is 9.95. The minimum Gasteiger partial charge on any atom is -0.317 e. The number of sulfonamides is 1. The number of hydrogen-bond acceptors (Lipinski definition) is 3. The molecule has 5 heteroatoms. The van der Waals surface area contributed by atoms with Crippen LogP contribution in [-0.4, -0.2) is 27.0 Å². The zero-order chi connectivity index (χ0) is 15.3. The Morgan fingerprint density at radius 3 is 2.33 bits per heavy atom. The van der Waals surface area contributed by atoms with Crippen LogP contribution in [0.4, 0.5) is 0 Å². The van der Waals surface area contributed by atoms with Gasteiger partial charge in [0, 0.05) is 5.54 Å². The fourth-order valence-electron chi connectivity index (χ4n) is 2.89. The lowest BCUT2D eigenvalue weighted by molar-refractivity contribution is 0.427. The Bertz CT molecular complexity index is 546. The third-order valence-corrected chi connectivity index (χ3v) is 5.82. The largest absolute Gasteiger partial charge is 0.317 e. The Balaban J connectivity index is 2.03. The molecular formula is C16H26N2O2S. The predicted octanol–water partition coefficient (Wildman–Crippen LogP) is 2.45. The van der Waals surface area contributed by atoms with E-state index in [1.807, 2.05) is 19.1 Å². The lowest BCUT2D eigenvalue weighted by atomic mass is 10.0. The molecule has 0 bridgehead atoms. The molecule has 0 atom stereocenters. The number of likely N-dealkylation sites (N-methyl/N-ethyl adjacent to an activating group) is 1. The number of benzene rings is 1. The highest BCUT2D eigenvalue weighted by atomic mass is 32.2. The maximum Gasteiger partial charge on any atom is 0.241 e. The quantitative estimate of drug-likeness (QED) is 0.761. The van der Waals surface area contributed by atoms with Gasteiger partial charge < -0.3 is 5.32 Å². The van der Waals surface area contributed by atoms with E-state index in [2.05, 4.69) is 17.0 Å². The summed E-state index contributed by atoms with van der Waals surface area (Å²) in [5, 5.41) is 3.26. The topological polar surface area (TPSA) is 58.2 Å². The van der Waals surface area contributed by atoms with Gasteiger partial charge in [-0.1, -0.05) is 31.9 Å². The van der Waals surface area contributed by atoms with E-state index in [9.17, 15) is 8.42 Å². The van der Waals surface area contributed by atoms with Gasteiger partial charge in [0.15, 0.2) is 0 Å². The zero-order valence-corrected chi connectivity index (χ0v) is 13.8. The Morgan fingerprint density at radius 2 is 1.76 bits per heavy atom. The summed E-state index contributed by atoms with van der Waals surface area (Å²) in [4.78, 5) is 0.364. The number of rotatable bonds is 7. The van der Waals surface area contributed by atoms with Gasteiger partial charge in [-0.2, -0.15) is 0 Å². The third-order valence-electron chi connectivity index (χ3n) is 4.16. The molecule has 0 aliphatic heterocycles. The second kappa shape index (κ2) is 6.90. The molecule has 1 aromatic carbocycles. The van der Waals surface area contributed by atoms with Gasteiger partial charge in [0.1, 0.15) is 0 Å². The zero-order valence-electron chi connectivity index (χ0n) is 13.0. The van der Waals surface area contributed by atoms with Crippen molar-refractivity contribution in [3.05, 3.63) is 29.8 Å². The smallest absolute Gasteiger partial charge is 0.241 e. The molecule has 0 heterocycles. The summed E-state index contributed by atoms with van der Waals surface area (Å²) in [6, 6.07) is 7.23. The maximum absolute atomic E-state index is 12.4. The van der Waals surface area contributed by atoms with E-state index in [0.717, 1.165) is 50.8 Å². The molecule has 0 unspecified atom stereocenters. The van der Waals surface area contributed by atoms with E-state index in [1.165, 1.54) is 0 Å². The van der Waals surface area contributed by atoms with Gasteiger partial charge in [0.05, 0.1) is 4.90 Å². The van der Waals surface area contributed by atoms with Gasteiger partial charge in [-0.3, -0.25) is 0 Å². The van der Waals surface area contributed by atoms with Crippen molar-refractivity contribution >= 4 is 10.0 Å². The summed E-state index contributed by atoms with van der Waals surface area (Å²) in [5.41, 5.74) is 0.879. The highest BCUT2D eigenvalue weighted by Gasteiger charge is 2.33. The molecule has 4 nitrogen and oxygen atoms in total. The van der Waals surface area contributed by atoms with Crippen LogP contribution in [0, 0.1) is 0 Å². The van der Waals surface area contributed by atoms with E-state index in [-0.39, 0.29) is 5.54 Å². The Kier molecular flexibility index (Phi) is 5.41. The van der Waals surface area contributed by atoms with E-state index in [4.69, 9.17) is 0 Å². The lowest BCUT2D eigenvalue weighted by Gasteiger charge is -2.24. The molecule has 1 saturated carbocycles. The molecule has 2 rings (SSSR count). The lowest BCUT2D eigenvalue weighted by Crippen LogP contribution is -2.43. The van der Waals surface area contributed by atoms with Crippen molar-refractivity contribution in [1.82, 2.24) is 10.0 Å². The summed E-state index contributed by atoms with van der Waals surface area (Å²) in [5.74, 6) is 0. The van der Waals surface area contributed by atoms with Crippen LogP contribution in [0.5, 0.6) is 0 Å². The van der Waals surface area contributed by atoms with Gasteiger partial charge in [-0.05, 0) is 57.0 Å². The fourth-order valence-corrected chi connectivity index (χ4v) is 4.35. The standard InChI is InChI=1S/C16H26N2O2S/c1-3-17-13-10-14-6-8-15(9-7-14)21(19,20)18-16(2)11-4-5-12-16/h6-9,17-18H,3-5,10-13H2,1-2H3. The molecule has 0 radical (unpaired) electrons. The molecule has 0 spiro atoms. The molecule has 0 saturated heterocycles. The molecule has 1 aliphatic rings. The third kappa shape index (κ3) is 4.53. The SMILES string of the molecule is CCNCCc1ccc(S(=O)(=O)NC2(C)CCCC2)cc1. The van der Waals surface area contributed by atoms with Gasteiger partial charge >= 0.3 is 0 Å². The summed E-state index contributed by atoms with van der Waals surface area (Å²) < 4.78 is 27.8. The second-order valence-corrected chi connectivity index (χ2v) is 7.80. The first kappa shape index (κ1) is 16.5. The Morgan fingerprint density at radius 1 is 1.14 bits per heavy atom. The summed E-state index contributed by atoms with van der Waals surface area (Å²) >= 11 is 0. The van der Waals surface area contributed by atoms with Crippen molar-refractivity contribution in [3.63, 3.8) is 0 Å². The first-order valence-corrected chi connectivity index (χ1v) is 9.27. The van der Waals surface area contributed by atoms with E-state index in [1.54, 1.807) is 12.1 Å². The summed E-state index contributed by atoms with van der Waals surface area (Å²) in [6.45, 7) is 5.95. The molecule has 1 aliphatic carbocycles. The van der Waals surface area contributed by atoms with Crippen LogP contribution >= 0.6 is 0 Å². The van der Waals surface area contributed by atoms with Crippen LogP contribution < -0.4 is 10.0 Å². The van der Waals surface area contributed by atoms with Crippen LogP contribution in [0.3, 0.4) is 0 Å².